The van der Waals surface area contributed by atoms with E-state index in [2.05, 4.69) is 17.4 Å². The van der Waals surface area contributed by atoms with Gasteiger partial charge >= 0.3 is 0 Å². The summed E-state index contributed by atoms with van der Waals surface area (Å²) >= 11 is 0. The van der Waals surface area contributed by atoms with Crippen LogP contribution in [0.2, 0.25) is 0 Å². The maximum absolute atomic E-state index is 11.9. The lowest BCUT2D eigenvalue weighted by Crippen LogP contribution is -2.33. The standard InChI is InChI=1S/C18H27NO3/c1-12(2)17(20)10-18(21)19-11-14-6-4-5-13-9-15(22-3)7-8-16(13)14/h7-9,12,14,17,20H,4-6,10-11H2,1-3H3,(H,19,21)/t14-,17-/m1/s1. The van der Waals surface area contributed by atoms with E-state index < -0.39 is 6.10 Å². The van der Waals surface area contributed by atoms with Gasteiger partial charge in [-0.2, -0.15) is 0 Å². The van der Waals surface area contributed by atoms with E-state index in [0.29, 0.717) is 12.5 Å². The molecule has 22 heavy (non-hydrogen) atoms. The fourth-order valence-corrected chi connectivity index (χ4v) is 2.97. The quantitative estimate of drug-likeness (QED) is 0.849. The topological polar surface area (TPSA) is 58.6 Å². The zero-order valence-electron chi connectivity index (χ0n) is 13.8. The van der Waals surface area contributed by atoms with Crippen molar-refractivity contribution in [3.05, 3.63) is 29.3 Å². The van der Waals surface area contributed by atoms with Gasteiger partial charge in [-0.3, -0.25) is 4.79 Å². The number of ether oxygens (including phenoxy) is 1. The number of amides is 1. The molecule has 1 aromatic rings. The molecule has 4 heteroatoms. The monoisotopic (exact) mass is 305 g/mol. The van der Waals surface area contributed by atoms with Crippen LogP contribution >= 0.6 is 0 Å². The number of carbonyl (C=O) groups is 1. The number of carbonyl (C=O) groups excluding carboxylic acids is 1. The van der Waals surface area contributed by atoms with Crippen molar-refractivity contribution in [2.75, 3.05) is 13.7 Å². The lowest BCUT2D eigenvalue weighted by molar-refractivity contribution is -0.123. The molecule has 2 atom stereocenters. The van der Waals surface area contributed by atoms with E-state index in [9.17, 15) is 9.90 Å². The van der Waals surface area contributed by atoms with E-state index >= 15 is 0 Å². The van der Waals surface area contributed by atoms with Gasteiger partial charge in [0.05, 0.1) is 19.6 Å². The maximum Gasteiger partial charge on any atom is 0.222 e. The van der Waals surface area contributed by atoms with E-state index in [1.165, 1.54) is 11.1 Å². The number of aliphatic hydroxyl groups is 1. The molecule has 0 fully saturated rings. The zero-order valence-corrected chi connectivity index (χ0v) is 13.8. The van der Waals surface area contributed by atoms with Gasteiger partial charge in [0.15, 0.2) is 0 Å². The average molecular weight is 305 g/mol. The van der Waals surface area contributed by atoms with Crippen molar-refractivity contribution < 1.29 is 14.6 Å². The van der Waals surface area contributed by atoms with Crippen LogP contribution < -0.4 is 10.1 Å². The van der Waals surface area contributed by atoms with Gasteiger partial charge < -0.3 is 15.2 Å². The summed E-state index contributed by atoms with van der Waals surface area (Å²) in [7, 11) is 1.68. The Hall–Kier alpha value is -1.55. The largest absolute Gasteiger partial charge is 0.497 e. The number of fused-ring (bicyclic) bond motifs is 1. The molecule has 0 aromatic heterocycles. The normalized spacial score (nSPS) is 18.7. The molecule has 1 aromatic carbocycles. The number of rotatable bonds is 6. The molecule has 1 aliphatic carbocycles. The second-order valence-electron chi connectivity index (χ2n) is 6.47. The predicted molar refractivity (Wildman–Crippen MR) is 87.1 cm³/mol. The highest BCUT2D eigenvalue weighted by Gasteiger charge is 2.22. The third kappa shape index (κ3) is 4.23. The molecule has 2 rings (SSSR count). The minimum absolute atomic E-state index is 0.0677. The summed E-state index contributed by atoms with van der Waals surface area (Å²) in [4.78, 5) is 11.9. The minimum atomic E-state index is -0.567. The van der Waals surface area contributed by atoms with Crippen molar-refractivity contribution in [3.8, 4) is 5.75 Å². The van der Waals surface area contributed by atoms with Crippen molar-refractivity contribution in [3.63, 3.8) is 0 Å². The number of nitrogens with one attached hydrogen (secondary N) is 1. The molecule has 0 radical (unpaired) electrons. The van der Waals surface area contributed by atoms with E-state index in [0.717, 1.165) is 25.0 Å². The SMILES string of the molecule is COc1ccc2c(c1)CCC[C@@H]2CNC(=O)C[C@@H](O)C(C)C. The second-order valence-corrected chi connectivity index (χ2v) is 6.47. The summed E-state index contributed by atoms with van der Waals surface area (Å²) < 4.78 is 5.28. The van der Waals surface area contributed by atoms with E-state index in [-0.39, 0.29) is 18.2 Å². The van der Waals surface area contributed by atoms with Crippen molar-refractivity contribution in [1.82, 2.24) is 5.32 Å². The molecule has 0 heterocycles. The Bertz CT molecular complexity index is 513. The lowest BCUT2D eigenvalue weighted by Gasteiger charge is -2.26. The first kappa shape index (κ1) is 16.8. The summed E-state index contributed by atoms with van der Waals surface area (Å²) in [6.45, 7) is 4.48. The number of methoxy groups -OCH3 is 1. The van der Waals surface area contributed by atoms with Gasteiger partial charge in [-0.1, -0.05) is 19.9 Å². The van der Waals surface area contributed by atoms with Gasteiger partial charge in [0.1, 0.15) is 5.75 Å². The smallest absolute Gasteiger partial charge is 0.222 e. The molecular formula is C18H27NO3. The van der Waals surface area contributed by atoms with Gasteiger partial charge in [0.25, 0.3) is 0 Å². The second kappa shape index (κ2) is 7.63. The maximum atomic E-state index is 11.9. The van der Waals surface area contributed by atoms with Gasteiger partial charge in [0.2, 0.25) is 5.91 Å². The van der Waals surface area contributed by atoms with E-state index in [4.69, 9.17) is 4.74 Å². The summed E-state index contributed by atoms with van der Waals surface area (Å²) in [5, 5.41) is 12.8. The molecule has 0 spiro atoms. The summed E-state index contributed by atoms with van der Waals surface area (Å²) in [5.74, 6) is 1.29. The Balaban J connectivity index is 1.94. The van der Waals surface area contributed by atoms with Crippen LogP contribution in [0.25, 0.3) is 0 Å². The number of aryl methyl sites for hydroxylation is 1. The average Bonchev–Trinajstić information content (AvgIpc) is 2.52. The molecule has 0 unspecified atom stereocenters. The first-order valence-electron chi connectivity index (χ1n) is 8.12. The Morgan fingerprint density at radius 3 is 2.91 bits per heavy atom. The Labute approximate surface area is 132 Å². The molecule has 0 aliphatic heterocycles. The van der Waals surface area contributed by atoms with Crippen LogP contribution in [0, 0.1) is 5.92 Å². The van der Waals surface area contributed by atoms with Crippen LogP contribution in [0.4, 0.5) is 0 Å². The highest BCUT2D eigenvalue weighted by Crippen LogP contribution is 2.33. The molecule has 4 nitrogen and oxygen atoms in total. The summed E-state index contributed by atoms with van der Waals surface area (Å²) in [6.07, 6.45) is 2.91. The summed E-state index contributed by atoms with van der Waals surface area (Å²) in [6, 6.07) is 6.21. The third-order valence-electron chi connectivity index (χ3n) is 4.50. The number of aliphatic hydroxyl groups excluding tert-OH is 1. The summed E-state index contributed by atoms with van der Waals surface area (Å²) in [5.41, 5.74) is 2.64. The zero-order chi connectivity index (χ0) is 16.1. The lowest BCUT2D eigenvalue weighted by atomic mass is 9.82. The van der Waals surface area contributed by atoms with Crippen LogP contribution in [-0.4, -0.2) is 30.8 Å². The Morgan fingerprint density at radius 2 is 2.23 bits per heavy atom. The van der Waals surface area contributed by atoms with Crippen LogP contribution in [0.15, 0.2) is 18.2 Å². The van der Waals surface area contributed by atoms with Crippen molar-refractivity contribution in [2.45, 2.75) is 51.6 Å². The van der Waals surface area contributed by atoms with Gasteiger partial charge in [-0.05, 0) is 48.4 Å². The van der Waals surface area contributed by atoms with Crippen molar-refractivity contribution in [1.29, 1.82) is 0 Å². The number of benzene rings is 1. The molecule has 2 N–H and O–H groups in total. The fourth-order valence-electron chi connectivity index (χ4n) is 2.97. The predicted octanol–water partition coefficient (Wildman–Crippen LogP) is 2.64. The first-order chi connectivity index (χ1) is 10.5. The van der Waals surface area contributed by atoms with E-state index in [1.807, 2.05) is 19.9 Å². The third-order valence-corrected chi connectivity index (χ3v) is 4.50. The van der Waals surface area contributed by atoms with Gasteiger partial charge in [-0.15, -0.1) is 0 Å². The number of hydrogen-bond donors (Lipinski definition) is 2. The molecule has 1 amide bonds. The number of hydrogen-bond acceptors (Lipinski definition) is 3. The van der Waals surface area contributed by atoms with Crippen molar-refractivity contribution in [2.24, 2.45) is 5.92 Å². The van der Waals surface area contributed by atoms with Gasteiger partial charge in [-0.25, -0.2) is 0 Å². The molecule has 0 saturated heterocycles. The van der Waals surface area contributed by atoms with Crippen LogP contribution in [0.5, 0.6) is 5.75 Å². The Morgan fingerprint density at radius 1 is 1.45 bits per heavy atom. The van der Waals surface area contributed by atoms with Gasteiger partial charge in [0, 0.05) is 12.5 Å². The molecule has 0 bridgehead atoms. The van der Waals surface area contributed by atoms with E-state index in [1.54, 1.807) is 7.11 Å². The molecule has 122 valence electrons. The van der Waals surface area contributed by atoms with Crippen molar-refractivity contribution >= 4 is 5.91 Å². The van der Waals surface area contributed by atoms with Crippen LogP contribution in [-0.2, 0) is 11.2 Å². The van der Waals surface area contributed by atoms with Crippen LogP contribution in [0.3, 0.4) is 0 Å². The minimum Gasteiger partial charge on any atom is -0.497 e. The highest BCUT2D eigenvalue weighted by molar-refractivity contribution is 5.76. The fraction of sp³-hybridized carbons (Fsp3) is 0.611. The molecule has 0 saturated carbocycles. The van der Waals surface area contributed by atoms with Crippen LogP contribution in [0.1, 0.15) is 50.2 Å². The molecular weight excluding hydrogens is 278 g/mol. The first-order valence-corrected chi connectivity index (χ1v) is 8.12. The Kier molecular flexibility index (Phi) is 5.83. The highest BCUT2D eigenvalue weighted by atomic mass is 16.5. The molecule has 1 aliphatic rings.